The van der Waals surface area contributed by atoms with Crippen molar-refractivity contribution in [2.75, 3.05) is 24.6 Å². The zero-order valence-corrected chi connectivity index (χ0v) is 19.3. The molecule has 0 unspecified atom stereocenters. The van der Waals surface area contributed by atoms with Gasteiger partial charge in [0.15, 0.2) is 0 Å². The van der Waals surface area contributed by atoms with Crippen LogP contribution in [0.15, 0.2) is 89.1 Å². The molecule has 1 atom stereocenters. The van der Waals surface area contributed by atoms with Gasteiger partial charge < -0.3 is 10.1 Å². The molecular formula is C27H23ClFN3O2. The third kappa shape index (κ3) is 4.05. The summed E-state index contributed by atoms with van der Waals surface area (Å²) in [6.45, 7) is 3.50. The Labute approximate surface area is 202 Å². The molecule has 2 aliphatic heterocycles. The van der Waals surface area contributed by atoms with Gasteiger partial charge in [-0.3, -0.25) is 14.7 Å². The highest BCUT2D eigenvalue weighted by Gasteiger charge is 2.44. The summed E-state index contributed by atoms with van der Waals surface area (Å²) in [7, 11) is 0. The average molecular weight is 476 g/mol. The van der Waals surface area contributed by atoms with E-state index < -0.39 is 6.04 Å². The Bertz CT molecular complexity index is 1290. The van der Waals surface area contributed by atoms with Gasteiger partial charge in [0, 0.05) is 28.4 Å². The summed E-state index contributed by atoms with van der Waals surface area (Å²) in [5.41, 5.74) is 4.11. The Morgan fingerprint density at radius 1 is 1.12 bits per heavy atom. The molecule has 0 saturated carbocycles. The first-order valence-corrected chi connectivity index (χ1v) is 11.6. The molecule has 0 fully saturated rings. The van der Waals surface area contributed by atoms with E-state index in [0.29, 0.717) is 47.4 Å². The molecule has 34 heavy (non-hydrogen) atoms. The van der Waals surface area contributed by atoms with Gasteiger partial charge >= 0.3 is 0 Å². The fourth-order valence-electron chi connectivity index (χ4n) is 4.45. The van der Waals surface area contributed by atoms with E-state index in [1.54, 1.807) is 23.1 Å². The van der Waals surface area contributed by atoms with Gasteiger partial charge in [-0.25, -0.2) is 4.39 Å². The van der Waals surface area contributed by atoms with Crippen LogP contribution >= 0.6 is 11.6 Å². The number of carbonyl (C=O) groups is 1. The smallest absolute Gasteiger partial charge is 0.275 e. The molecule has 0 bridgehead atoms. The molecule has 172 valence electrons. The summed E-state index contributed by atoms with van der Waals surface area (Å²) in [5.74, 6) is 0.172. The number of nitrogens with one attached hydrogen (secondary N) is 1. The topological polar surface area (TPSA) is 53.9 Å². The molecule has 5 nitrogen and oxygen atoms in total. The standard InChI is InChI=1S/C27H23ClFN3O2/c1-2-34-22-12-10-21(11-13-22)32-26(18-4-3-5-20(29)16-18)23-24(17-6-8-19(28)9-7-17)30-14-15-31-25(23)27(32)33/h3-13,16,26,31H,2,14-15H2,1H3/t26-/m1/s1. The molecule has 5 rings (SSSR count). The van der Waals surface area contributed by atoms with Crippen molar-refractivity contribution < 1.29 is 13.9 Å². The number of nitrogens with zero attached hydrogens (tertiary/aromatic N) is 2. The van der Waals surface area contributed by atoms with Crippen molar-refractivity contribution in [3.63, 3.8) is 0 Å². The number of ether oxygens (including phenoxy) is 1. The summed E-state index contributed by atoms with van der Waals surface area (Å²) >= 11 is 6.12. The van der Waals surface area contributed by atoms with Gasteiger partial charge in [-0.1, -0.05) is 35.9 Å². The first-order chi connectivity index (χ1) is 16.6. The number of halogens is 2. The number of amides is 1. The monoisotopic (exact) mass is 475 g/mol. The van der Waals surface area contributed by atoms with Crippen LogP contribution in [0.2, 0.25) is 5.02 Å². The number of rotatable bonds is 5. The quantitative estimate of drug-likeness (QED) is 0.544. The Hall–Kier alpha value is -3.64. The van der Waals surface area contributed by atoms with Gasteiger partial charge in [-0.2, -0.15) is 0 Å². The SMILES string of the molecule is CCOc1ccc(N2C(=O)C3=C(C(c4ccc(Cl)cc4)=NCCN3)[C@H]2c2cccc(F)c2)cc1. The van der Waals surface area contributed by atoms with Gasteiger partial charge in [0.2, 0.25) is 0 Å². The highest BCUT2D eigenvalue weighted by Crippen LogP contribution is 2.43. The maximum Gasteiger partial charge on any atom is 0.275 e. The van der Waals surface area contributed by atoms with Crippen molar-refractivity contribution in [3.05, 3.63) is 106 Å². The molecule has 1 N–H and O–H groups in total. The van der Waals surface area contributed by atoms with Gasteiger partial charge in [-0.05, 0) is 61.0 Å². The van der Waals surface area contributed by atoms with E-state index >= 15 is 0 Å². The van der Waals surface area contributed by atoms with Crippen LogP contribution in [-0.2, 0) is 4.79 Å². The minimum Gasteiger partial charge on any atom is -0.494 e. The Balaban J connectivity index is 1.68. The second-order valence-corrected chi connectivity index (χ2v) is 8.45. The van der Waals surface area contributed by atoms with E-state index in [-0.39, 0.29) is 11.7 Å². The Morgan fingerprint density at radius 2 is 1.88 bits per heavy atom. The summed E-state index contributed by atoms with van der Waals surface area (Å²) < 4.78 is 19.9. The summed E-state index contributed by atoms with van der Waals surface area (Å²) in [6.07, 6.45) is 0. The molecule has 0 aromatic heterocycles. The molecular weight excluding hydrogens is 453 g/mol. The first kappa shape index (κ1) is 22.2. The fourth-order valence-corrected chi connectivity index (χ4v) is 4.58. The third-order valence-electron chi connectivity index (χ3n) is 5.88. The zero-order valence-electron chi connectivity index (χ0n) is 18.6. The highest BCUT2D eigenvalue weighted by atomic mass is 35.5. The largest absolute Gasteiger partial charge is 0.494 e. The second kappa shape index (κ2) is 9.31. The van der Waals surface area contributed by atoms with Crippen LogP contribution in [0.4, 0.5) is 10.1 Å². The van der Waals surface area contributed by atoms with Gasteiger partial charge in [0.1, 0.15) is 17.3 Å². The number of aliphatic imine (C=N–C) groups is 1. The van der Waals surface area contributed by atoms with Gasteiger partial charge in [0.05, 0.1) is 24.9 Å². The van der Waals surface area contributed by atoms with E-state index in [9.17, 15) is 9.18 Å². The van der Waals surface area contributed by atoms with Crippen LogP contribution in [-0.4, -0.2) is 31.3 Å². The van der Waals surface area contributed by atoms with Crippen molar-refractivity contribution >= 4 is 28.9 Å². The van der Waals surface area contributed by atoms with Crippen LogP contribution in [0.25, 0.3) is 0 Å². The van der Waals surface area contributed by atoms with Crippen LogP contribution in [0.5, 0.6) is 5.75 Å². The summed E-state index contributed by atoms with van der Waals surface area (Å²) in [6, 6.07) is 20.6. The number of hydrogen-bond donors (Lipinski definition) is 1. The molecule has 3 aromatic carbocycles. The first-order valence-electron chi connectivity index (χ1n) is 11.2. The molecule has 0 saturated heterocycles. The number of hydrogen-bond acceptors (Lipinski definition) is 4. The molecule has 1 amide bonds. The highest BCUT2D eigenvalue weighted by molar-refractivity contribution is 6.31. The third-order valence-corrected chi connectivity index (χ3v) is 6.13. The lowest BCUT2D eigenvalue weighted by atomic mass is 9.91. The number of benzene rings is 3. The molecule has 7 heteroatoms. The lowest BCUT2D eigenvalue weighted by Gasteiger charge is -2.28. The van der Waals surface area contributed by atoms with Crippen molar-refractivity contribution in [2.45, 2.75) is 13.0 Å². The fraction of sp³-hybridized carbons (Fsp3) is 0.185. The molecule has 0 radical (unpaired) electrons. The Morgan fingerprint density at radius 3 is 2.59 bits per heavy atom. The molecule has 2 heterocycles. The second-order valence-electron chi connectivity index (χ2n) is 8.01. The zero-order chi connectivity index (χ0) is 23.7. The normalized spacial score (nSPS) is 17.7. The minimum absolute atomic E-state index is 0.183. The lowest BCUT2D eigenvalue weighted by Crippen LogP contribution is -2.33. The molecule has 3 aromatic rings. The average Bonchev–Trinajstić information content (AvgIpc) is 2.98. The summed E-state index contributed by atoms with van der Waals surface area (Å²) in [5, 5.41) is 3.90. The maximum atomic E-state index is 14.4. The predicted molar refractivity (Wildman–Crippen MR) is 132 cm³/mol. The van der Waals surface area contributed by atoms with Gasteiger partial charge in [0.25, 0.3) is 5.91 Å². The van der Waals surface area contributed by atoms with E-state index in [0.717, 1.165) is 16.9 Å². The van der Waals surface area contributed by atoms with E-state index in [1.165, 1.54) is 12.1 Å². The molecule has 0 aliphatic carbocycles. The maximum absolute atomic E-state index is 14.4. The number of carbonyl (C=O) groups excluding carboxylic acids is 1. The minimum atomic E-state index is -0.559. The van der Waals surface area contributed by atoms with E-state index in [1.807, 2.05) is 49.4 Å². The van der Waals surface area contributed by atoms with Crippen LogP contribution in [0.1, 0.15) is 24.1 Å². The lowest BCUT2D eigenvalue weighted by molar-refractivity contribution is -0.115. The Kier molecular flexibility index (Phi) is 6.07. The van der Waals surface area contributed by atoms with Crippen molar-refractivity contribution in [3.8, 4) is 5.75 Å². The van der Waals surface area contributed by atoms with E-state index in [4.69, 9.17) is 21.3 Å². The van der Waals surface area contributed by atoms with Crippen LogP contribution in [0.3, 0.4) is 0 Å². The molecule has 0 spiro atoms. The van der Waals surface area contributed by atoms with Crippen molar-refractivity contribution in [1.29, 1.82) is 0 Å². The van der Waals surface area contributed by atoms with Crippen LogP contribution < -0.4 is 15.0 Å². The number of anilines is 1. The molecule has 2 aliphatic rings. The predicted octanol–water partition coefficient (Wildman–Crippen LogP) is 5.31. The van der Waals surface area contributed by atoms with E-state index in [2.05, 4.69) is 5.32 Å². The van der Waals surface area contributed by atoms with Crippen LogP contribution in [0, 0.1) is 5.82 Å². The van der Waals surface area contributed by atoms with Gasteiger partial charge in [-0.15, -0.1) is 0 Å². The van der Waals surface area contributed by atoms with Crippen molar-refractivity contribution in [2.24, 2.45) is 4.99 Å². The summed E-state index contributed by atoms with van der Waals surface area (Å²) in [4.78, 5) is 20.3. The van der Waals surface area contributed by atoms with Crippen molar-refractivity contribution in [1.82, 2.24) is 5.32 Å².